The van der Waals surface area contributed by atoms with Crippen LogP contribution in [0.4, 0.5) is 0 Å². The number of aliphatic hydroxyl groups is 4. The van der Waals surface area contributed by atoms with Crippen LogP contribution < -0.4 is 11.1 Å². The van der Waals surface area contributed by atoms with Gasteiger partial charge in [-0.2, -0.15) is 0 Å². The van der Waals surface area contributed by atoms with Gasteiger partial charge in [-0.15, -0.1) is 0 Å². The highest BCUT2D eigenvalue weighted by Gasteiger charge is 2.72. The average Bonchev–Trinajstić information content (AvgIpc) is 3.69. The summed E-state index contributed by atoms with van der Waals surface area (Å²) in [6.07, 6.45) is 8.91. The van der Waals surface area contributed by atoms with Crippen molar-refractivity contribution >= 4 is 5.78 Å². The number of nitrogens with two attached hydrogens (primary N) is 1. The van der Waals surface area contributed by atoms with Gasteiger partial charge in [-0.05, 0) is 131 Å². The normalized spacial score (nSPS) is 49.2. The van der Waals surface area contributed by atoms with Crippen LogP contribution in [0.1, 0.15) is 112 Å². The van der Waals surface area contributed by atoms with Crippen LogP contribution in [0.15, 0.2) is 11.6 Å². The molecule has 5 fully saturated rings. The molecule has 8 heteroatoms. The van der Waals surface area contributed by atoms with Crippen molar-refractivity contribution in [3.8, 4) is 0 Å². The minimum absolute atomic E-state index is 0.0377. The van der Waals surface area contributed by atoms with E-state index < -0.39 is 45.9 Å². The van der Waals surface area contributed by atoms with Crippen LogP contribution in [-0.2, 0) is 9.53 Å². The number of nitrogens with one attached hydrogen (secondary N) is 1. The summed E-state index contributed by atoms with van der Waals surface area (Å²) in [4.78, 5) is 13.5. The van der Waals surface area contributed by atoms with E-state index >= 15 is 0 Å². The maximum Gasteiger partial charge on any atom is 0.159 e. The van der Waals surface area contributed by atoms with E-state index in [0.717, 1.165) is 57.1 Å². The molecule has 0 amide bonds. The van der Waals surface area contributed by atoms with Gasteiger partial charge >= 0.3 is 0 Å². The Labute approximate surface area is 258 Å². The quantitative estimate of drug-likeness (QED) is 0.242. The van der Waals surface area contributed by atoms with Crippen molar-refractivity contribution in [1.29, 1.82) is 0 Å². The van der Waals surface area contributed by atoms with E-state index in [2.05, 4.69) is 33.0 Å². The van der Waals surface area contributed by atoms with Crippen LogP contribution in [0, 0.1) is 39.9 Å². The Kier molecular flexibility index (Phi) is 7.70. The predicted octanol–water partition coefficient (Wildman–Crippen LogP) is 3.58. The Balaban J connectivity index is 1.19. The Hall–Kier alpha value is -0.870. The number of hydrogen-bond donors (Lipinski definition) is 6. The van der Waals surface area contributed by atoms with E-state index in [1.807, 2.05) is 13.8 Å². The third-order valence-electron chi connectivity index (χ3n) is 14.5. The fourth-order valence-corrected chi connectivity index (χ4v) is 10.9. The summed E-state index contributed by atoms with van der Waals surface area (Å²) in [5, 5.41) is 50.4. The standard InChI is InChI=1S/C35H58N2O6/c1-30(2,12-7-20-11-16-37-27(36)17-20)34(6,41)29-28(43-29)33(5,40)26-10-15-35(42)23-19-25(39)24-18-21(38)8-13-31(24,3)22(23)9-14-32(26,35)4/h19-22,24,26-29,37-38,40-42H,7-18,36H2,1-6H3/t20?,21-,22-,24-,26-,27?,28+,29-,31+,32-,33+,34-,35+/m0/s1. The Morgan fingerprint density at radius 3 is 2.42 bits per heavy atom. The molecule has 3 saturated carbocycles. The topological polar surface area (TPSA) is 149 Å². The number of hydrogen-bond acceptors (Lipinski definition) is 8. The van der Waals surface area contributed by atoms with Crippen LogP contribution in [0.2, 0.25) is 0 Å². The lowest BCUT2D eigenvalue weighted by Gasteiger charge is -2.60. The molecule has 0 spiro atoms. The van der Waals surface area contributed by atoms with Gasteiger partial charge in [0.15, 0.2) is 5.78 Å². The number of epoxide rings is 1. The highest BCUT2D eigenvalue weighted by Crippen LogP contribution is 2.69. The molecule has 7 N–H and O–H groups in total. The zero-order valence-electron chi connectivity index (χ0n) is 27.4. The lowest BCUT2D eigenvalue weighted by Crippen LogP contribution is -2.61. The van der Waals surface area contributed by atoms with E-state index in [0.29, 0.717) is 31.6 Å². The molecule has 0 bridgehead atoms. The van der Waals surface area contributed by atoms with E-state index in [4.69, 9.17) is 10.5 Å². The van der Waals surface area contributed by atoms with Gasteiger partial charge < -0.3 is 36.2 Å². The van der Waals surface area contributed by atoms with Crippen LogP contribution in [0.5, 0.6) is 0 Å². The van der Waals surface area contributed by atoms with Gasteiger partial charge in [-0.1, -0.05) is 27.7 Å². The van der Waals surface area contributed by atoms with Gasteiger partial charge in [-0.25, -0.2) is 0 Å². The van der Waals surface area contributed by atoms with Crippen LogP contribution >= 0.6 is 0 Å². The fraction of sp³-hybridized carbons (Fsp3) is 0.914. The van der Waals surface area contributed by atoms with E-state index in [9.17, 15) is 25.2 Å². The van der Waals surface area contributed by atoms with Crippen molar-refractivity contribution < 1.29 is 30.0 Å². The monoisotopic (exact) mass is 602 g/mol. The molecule has 244 valence electrons. The molecule has 2 aliphatic heterocycles. The number of carbonyl (C=O) groups is 1. The lowest BCUT2D eigenvalue weighted by molar-refractivity contribution is -0.152. The molecule has 2 unspecified atom stereocenters. The smallest absolute Gasteiger partial charge is 0.159 e. The molecule has 8 nitrogen and oxygen atoms in total. The maximum atomic E-state index is 13.5. The molecular weight excluding hydrogens is 544 g/mol. The number of rotatable bonds is 7. The number of ether oxygens (including phenoxy) is 1. The lowest BCUT2D eigenvalue weighted by atomic mass is 9.46. The molecule has 4 aliphatic carbocycles. The van der Waals surface area contributed by atoms with Crippen molar-refractivity contribution in [2.24, 2.45) is 45.7 Å². The second-order valence-electron chi connectivity index (χ2n) is 17.2. The molecule has 2 saturated heterocycles. The summed E-state index contributed by atoms with van der Waals surface area (Å²) in [7, 11) is 0. The fourth-order valence-electron chi connectivity index (χ4n) is 10.9. The summed E-state index contributed by atoms with van der Waals surface area (Å²) < 4.78 is 6.23. The highest BCUT2D eigenvalue weighted by atomic mass is 16.6. The minimum Gasteiger partial charge on any atom is -0.393 e. The van der Waals surface area contributed by atoms with Gasteiger partial charge in [-0.3, -0.25) is 4.79 Å². The summed E-state index contributed by atoms with van der Waals surface area (Å²) in [5.74, 6) is 0.233. The zero-order valence-corrected chi connectivity index (χ0v) is 27.4. The van der Waals surface area contributed by atoms with Gasteiger partial charge in [0.1, 0.15) is 12.2 Å². The first-order valence-electron chi connectivity index (χ1n) is 17.1. The Morgan fingerprint density at radius 1 is 1.00 bits per heavy atom. The number of piperidine rings is 1. The number of aliphatic hydroxyl groups excluding tert-OH is 1. The molecule has 0 aromatic heterocycles. The zero-order chi connectivity index (χ0) is 31.4. The van der Waals surface area contributed by atoms with Crippen molar-refractivity contribution in [2.75, 3.05) is 6.54 Å². The van der Waals surface area contributed by atoms with Gasteiger partial charge in [0.25, 0.3) is 0 Å². The molecule has 0 radical (unpaired) electrons. The van der Waals surface area contributed by atoms with Crippen molar-refractivity contribution in [2.45, 2.75) is 153 Å². The highest BCUT2D eigenvalue weighted by molar-refractivity contribution is 5.95. The molecule has 0 aromatic carbocycles. The largest absolute Gasteiger partial charge is 0.393 e. The summed E-state index contributed by atoms with van der Waals surface area (Å²) in [5.41, 5.74) is 2.11. The summed E-state index contributed by atoms with van der Waals surface area (Å²) >= 11 is 0. The van der Waals surface area contributed by atoms with E-state index in [1.165, 1.54) is 0 Å². The molecule has 2 heterocycles. The number of carbonyl (C=O) groups excluding carboxylic acids is 1. The summed E-state index contributed by atoms with van der Waals surface area (Å²) in [6.45, 7) is 13.1. The van der Waals surface area contributed by atoms with Crippen LogP contribution in [0.3, 0.4) is 0 Å². The van der Waals surface area contributed by atoms with Crippen molar-refractivity contribution in [3.63, 3.8) is 0 Å². The Morgan fingerprint density at radius 2 is 1.72 bits per heavy atom. The van der Waals surface area contributed by atoms with Crippen molar-refractivity contribution in [1.82, 2.24) is 5.32 Å². The average molecular weight is 603 g/mol. The van der Waals surface area contributed by atoms with Gasteiger partial charge in [0, 0.05) is 11.3 Å². The second-order valence-corrected chi connectivity index (χ2v) is 17.2. The first kappa shape index (κ1) is 32.1. The van der Waals surface area contributed by atoms with Crippen molar-refractivity contribution in [3.05, 3.63) is 11.6 Å². The molecule has 43 heavy (non-hydrogen) atoms. The molecule has 6 aliphatic rings. The second kappa shape index (κ2) is 10.3. The van der Waals surface area contributed by atoms with E-state index in [-0.39, 0.29) is 35.1 Å². The van der Waals surface area contributed by atoms with Gasteiger partial charge in [0.05, 0.1) is 29.1 Å². The van der Waals surface area contributed by atoms with Crippen LogP contribution in [-0.4, -0.2) is 74.0 Å². The predicted molar refractivity (Wildman–Crippen MR) is 165 cm³/mol. The SMILES string of the molecule is CC(C)(CCC1CCNC(N)C1)[C@@](C)(O)[C@H]1O[C@H]1[C@](C)(O)[C@H]1CC[C@@]2(O)C3=CC(=O)[C@@H]4C[C@@H](O)CC[C@]4(C)[C@H]3CC[C@@]12C. The number of fused-ring (bicyclic) bond motifs is 5. The molecule has 13 atom stereocenters. The first-order valence-corrected chi connectivity index (χ1v) is 17.1. The third kappa shape index (κ3) is 4.75. The number of ketones is 1. The number of allylic oxidation sites excluding steroid dienone is 1. The molecule has 0 aromatic rings. The molecule has 6 rings (SSSR count). The molecular formula is C35H58N2O6. The van der Waals surface area contributed by atoms with Gasteiger partial charge in [0.2, 0.25) is 0 Å². The third-order valence-corrected chi connectivity index (χ3v) is 14.5. The summed E-state index contributed by atoms with van der Waals surface area (Å²) in [6, 6.07) is 0. The maximum absolute atomic E-state index is 13.5. The van der Waals surface area contributed by atoms with Crippen LogP contribution in [0.25, 0.3) is 0 Å². The van der Waals surface area contributed by atoms with E-state index in [1.54, 1.807) is 6.08 Å². The first-order chi connectivity index (χ1) is 19.9. The minimum atomic E-state index is -1.25. The Bertz CT molecular complexity index is 1150.